The predicted molar refractivity (Wildman–Crippen MR) is 94.6 cm³/mol. The Balaban J connectivity index is 1.80. The highest BCUT2D eigenvalue weighted by Gasteiger charge is 2.26. The molecule has 0 aliphatic carbocycles. The minimum absolute atomic E-state index is 0.0200. The summed E-state index contributed by atoms with van der Waals surface area (Å²) in [6.45, 7) is 5.08. The molecule has 2 heterocycles. The number of aromatic nitrogens is 4. The average molecular weight is 378 g/mol. The fourth-order valence-electron chi connectivity index (χ4n) is 3.14. The molecule has 10 heteroatoms. The van der Waals surface area contributed by atoms with Crippen LogP contribution in [0.4, 0.5) is 5.95 Å². The highest BCUT2D eigenvalue weighted by Crippen LogP contribution is 2.25. The summed E-state index contributed by atoms with van der Waals surface area (Å²) in [6.07, 6.45) is 2.53. The third-order valence-corrected chi connectivity index (χ3v) is 5.85. The van der Waals surface area contributed by atoms with Crippen molar-refractivity contribution in [3.63, 3.8) is 0 Å². The van der Waals surface area contributed by atoms with Crippen molar-refractivity contribution in [2.45, 2.75) is 44.6 Å². The van der Waals surface area contributed by atoms with E-state index >= 15 is 0 Å². The maximum Gasteiger partial charge on any atom is 0.276 e. The minimum atomic E-state index is -3.82. The molecule has 3 rings (SSSR count). The maximum absolute atomic E-state index is 12.6. The van der Waals surface area contributed by atoms with Gasteiger partial charge in [-0.2, -0.15) is 5.21 Å². The SMILES string of the molecule is CCC[C@@H](C)C(=O)N1CCc2ccc(S(=O)(=O)Nc3nn[nH]n3)cc2C1. The standard InChI is InChI=1S/C16H22N6O3S/c1-3-4-11(2)15(23)22-8-7-12-5-6-14(9-13(12)10-22)26(24,25)19-16-17-20-21-18-16/h5-6,9,11H,3-4,7-8,10H2,1-2H3,(H2,17,18,19,20,21)/t11-/m1/s1. The van der Waals surface area contributed by atoms with Gasteiger partial charge in [0.05, 0.1) is 4.90 Å². The first-order chi connectivity index (χ1) is 12.4. The Morgan fingerprint density at radius 2 is 2.19 bits per heavy atom. The first-order valence-electron chi connectivity index (χ1n) is 8.57. The van der Waals surface area contributed by atoms with E-state index in [1.807, 2.05) is 11.8 Å². The van der Waals surface area contributed by atoms with E-state index < -0.39 is 10.0 Å². The fourth-order valence-corrected chi connectivity index (χ4v) is 4.13. The number of nitrogens with zero attached hydrogens (tertiary/aromatic N) is 4. The molecule has 1 aromatic carbocycles. The van der Waals surface area contributed by atoms with E-state index in [1.54, 1.807) is 18.2 Å². The summed E-state index contributed by atoms with van der Waals surface area (Å²) in [4.78, 5) is 14.5. The first kappa shape index (κ1) is 18.3. The summed E-state index contributed by atoms with van der Waals surface area (Å²) >= 11 is 0. The topological polar surface area (TPSA) is 121 Å². The number of rotatable bonds is 6. The van der Waals surface area contributed by atoms with Crippen LogP contribution in [0, 0.1) is 5.92 Å². The Bertz CT molecular complexity index is 881. The lowest BCUT2D eigenvalue weighted by Gasteiger charge is -2.31. The molecule has 0 saturated carbocycles. The Labute approximate surface area is 152 Å². The second-order valence-electron chi connectivity index (χ2n) is 6.47. The van der Waals surface area contributed by atoms with Gasteiger partial charge in [0.25, 0.3) is 16.0 Å². The number of aromatic amines is 1. The molecular formula is C16H22N6O3S. The molecule has 1 atom stereocenters. The average Bonchev–Trinajstić information content (AvgIpc) is 3.12. The quantitative estimate of drug-likeness (QED) is 0.782. The van der Waals surface area contributed by atoms with Gasteiger partial charge in [-0.15, -0.1) is 5.10 Å². The van der Waals surface area contributed by atoms with Gasteiger partial charge in [-0.3, -0.25) is 4.79 Å². The number of benzene rings is 1. The fraction of sp³-hybridized carbons (Fsp3) is 0.500. The van der Waals surface area contributed by atoms with E-state index in [2.05, 4.69) is 32.3 Å². The third-order valence-electron chi connectivity index (χ3n) is 4.53. The molecule has 1 aromatic heterocycles. The maximum atomic E-state index is 12.6. The molecule has 0 unspecified atom stereocenters. The number of hydrogen-bond acceptors (Lipinski definition) is 6. The van der Waals surface area contributed by atoms with Crippen LogP contribution in [0.3, 0.4) is 0 Å². The Hall–Kier alpha value is -2.49. The molecule has 0 saturated heterocycles. The van der Waals surface area contributed by atoms with E-state index in [0.717, 1.165) is 30.4 Å². The van der Waals surface area contributed by atoms with Crippen molar-refractivity contribution in [3.05, 3.63) is 29.3 Å². The predicted octanol–water partition coefficient (Wildman–Crippen LogP) is 1.32. The molecule has 140 valence electrons. The zero-order chi connectivity index (χ0) is 18.7. The molecule has 0 radical (unpaired) electrons. The normalized spacial score (nSPS) is 15.4. The molecule has 1 aliphatic rings. The van der Waals surface area contributed by atoms with E-state index in [1.165, 1.54) is 0 Å². The first-order valence-corrected chi connectivity index (χ1v) is 10.1. The summed E-state index contributed by atoms with van der Waals surface area (Å²) < 4.78 is 27.2. The zero-order valence-corrected chi connectivity index (χ0v) is 15.6. The van der Waals surface area contributed by atoms with Crippen LogP contribution in [0.1, 0.15) is 37.8 Å². The minimum Gasteiger partial charge on any atom is -0.338 e. The van der Waals surface area contributed by atoms with Gasteiger partial charge < -0.3 is 4.90 Å². The molecule has 1 aliphatic heterocycles. The van der Waals surface area contributed by atoms with Crippen LogP contribution in [-0.2, 0) is 27.8 Å². The van der Waals surface area contributed by atoms with Crippen LogP contribution in [0.2, 0.25) is 0 Å². The van der Waals surface area contributed by atoms with Crippen LogP contribution in [0.5, 0.6) is 0 Å². The highest BCUT2D eigenvalue weighted by atomic mass is 32.2. The molecule has 1 amide bonds. The summed E-state index contributed by atoms with van der Waals surface area (Å²) in [6, 6.07) is 4.97. The van der Waals surface area contributed by atoms with E-state index in [0.29, 0.717) is 13.1 Å². The van der Waals surface area contributed by atoms with Crippen LogP contribution < -0.4 is 4.72 Å². The molecule has 9 nitrogen and oxygen atoms in total. The molecule has 0 bridgehead atoms. The van der Waals surface area contributed by atoms with E-state index in [4.69, 9.17) is 0 Å². The number of H-pyrrole nitrogens is 1. The van der Waals surface area contributed by atoms with Gasteiger partial charge in [-0.1, -0.05) is 31.4 Å². The van der Waals surface area contributed by atoms with Gasteiger partial charge in [-0.25, -0.2) is 13.1 Å². The van der Waals surface area contributed by atoms with Crippen molar-refractivity contribution in [2.24, 2.45) is 5.92 Å². The summed E-state index contributed by atoms with van der Waals surface area (Å²) in [5.74, 6) is -0.0167. The number of carbonyl (C=O) groups is 1. The van der Waals surface area contributed by atoms with Crippen LogP contribution in [0.25, 0.3) is 0 Å². The smallest absolute Gasteiger partial charge is 0.276 e. The number of tetrazole rings is 1. The van der Waals surface area contributed by atoms with Gasteiger partial charge in [-0.05, 0) is 41.3 Å². The number of carbonyl (C=O) groups excluding carboxylic acids is 1. The third kappa shape index (κ3) is 3.85. The lowest BCUT2D eigenvalue weighted by atomic mass is 9.97. The largest absolute Gasteiger partial charge is 0.338 e. The van der Waals surface area contributed by atoms with Crippen molar-refractivity contribution >= 4 is 21.9 Å². The Kier molecular flexibility index (Phi) is 5.21. The van der Waals surface area contributed by atoms with Gasteiger partial charge in [0.2, 0.25) is 5.91 Å². The molecule has 2 N–H and O–H groups in total. The van der Waals surface area contributed by atoms with Crippen molar-refractivity contribution in [3.8, 4) is 0 Å². The van der Waals surface area contributed by atoms with Gasteiger partial charge in [0.15, 0.2) is 0 Å². The second kappa shape index (κ2) is 7.40. The molecule has 0 spiro atoms. The number of sulfonamides is 1. The van der Waals surface area contributed by atoms with Crippen molar-refractivity contribution in [1.82, 2.24) is 25.5 Å². The van der Waals surface area contributed by atoms with Crippen molar-refractivity contribution in [1.29, 1.82) is 0 Å². The number of amides is 1. The molecule has 2 aromatic rings. The Morgan fingerprint density at radius 3 is 2.88 bits per heavy atom. The van der Waals surface area contributed by atoms with Gasteiger partial charge in [0.1, 0.15) is 0 Å². The monoisotopic (exact) mass is 378 g/mol. The zero-order valence-electron chi connectivity index (χ0n) is 14.8. The van der Waals surface area contributed by atoms with Crippen LogP contribution in [-0.4, -0.2) is 46.4 Å². The lowest BCUT2D eigenvalue weighted by molar-refractivity contribution is -0.136. The van der Waals surface area contributed by atoms with Crippen LogP contribution in [0.15, 0.2) is 23.1 Å². The highest BCUT2D eigenvalue weighted by molar-refractivity contribution is 7.92. The number of anilines is 1. The van der Waals surface area contributed by atoms with Gasteiger partial charge in [0, 0.05) is 19.0 Å². The molecule has 26 heavy (non-hydrogen) atoms. The van der Waals surface area contributed by atoms with Crippen molar-refractivity contribution in [2.75, 3.05) is 11.3 Å². The Morgan fingerprint density at radius 1 is 1.38 bits per heavy atom. The summed E-state index contributed by atoms with van der Waals surface area (Å²) in [5, 5.41) is 12.7. The van der Waals surface area contributed by atoms with Gasteiger partial charge >= 0.3 is 0 Å². The van der Waals surface area contributed by atoms with E-state index in [9.17, 15) is 13.2 Å². The van der Waals surface area contributed by atoms with Crippen molar-refractivity contribution < 1.29 is 13.2 Å². The molecule has 0 fully saturated rings. The molecular weight excluding hydrogens is 356 g/mol. The summed E-state index contributed by atoms with van der Waals surface area (Å²) in [7, 11) is -3.82. The number of fused-ring (bicyclic) bond motifs is 1. The number of nitrogens with one attached hydrogen (secondary N) is 2. The number of hydrogen-bond donors (Lipinski definition) is 2. The lowest BCUT2D eigenvalue weighted by Crippen LogP contribution is -2.39. The second-order valence-corrected chi connectivity index (χ2v) is 8.15. The van der Waals surface area contributed by atoms with E-state index in [-0.39, 0.29) is 22.7 Å². The van der Waals surface area contributed by atoms with Crippen LogP contribution >= 0.6 is 0 Å². The summed E-state index contributed by atoms with van der Waals surface area (Å²) in [5.41, 5.74) is 1.92.